The number of carbonyl (C=O) groups is 2. The summed E-state index contributed by atoms with van der Waals surface area (Å²) in [5.74, 6) is -0.749. The van der Waals surface area contributed by atoms with E-state index in [1.807, 2.05) is 31.2 Å². The third-order valence-corrected chi connectivity index (χ3v) is 5.86. The van der Waals surface area contributed by atoms with Crippen LogP contribution in [0.4, 0.5) is 16.2 Å². The number of hydrogen-bond donors (Lipinski definition) is 3. The number of halogens is 2. The fourth-order valence-electron chi connectivity index (χ4n) is 3.50. The Morgan fingerprint density at radius 3 is 2.48 bits per heavy atom. The minimum atomic E-state index is -2.30. The first-order chi connectivity index (χ1) is 14.8. The predicted molar refractivity (Wildman–Crippen MR) is 121 cm³/mol. The molecule has 0 saturated carbocycles. The Hall–Kier alpha value is -3.06. The summed E-state index contributed by atoms with van der Waals surface area (Å²) in [7, 11) is 0. The molecule has 3 amide bonds. The van der Waals surface area contributed by atoms with Crippen LogP contribution < -0.4 is 15.5 Å². The molecule has 4 rings (SSSR count). The first-order valence-corrected chi connectivity index (χ1v) is 10.3. The van der Waals surface area contributed by atoms with Crippen LogP contribution in [-0.2, 0) is 17.1 Å². The molecule has 0 radical (unpaired) electrons. The van der Waals surface area contributed by atoms with Crippen molar-refractivity contribution in [2.24, 2.45) is 0 Å². The fraction of sp³-hybridized carbons (Fsp3) is 0.130. The number of aliphatic hydroxyl groups is 1. The smallest absolute Gasteiger partial charge is 0.329 e. The largest absolute Gasteiger partial charge is 0.359 e. The number of nitrogens with one attached hydrogen (secondary N) is 2. The van der Waals surface area contributed by atoms with Crippen LogP contribution in [0.15, 0.2) is 66.7 Å². The maximum absolute atomic E-state index is 13.4. The molecule has 1 aliphatic rings. The van der Waals surface area contributed by atoms with Crippen molar-refractivity contribution >= 4 is 46.5 Å². The maximum atomic E-state index is 13.4. The van der Waals surface area contributed by atoms with Crippen molar-refractivity contribution in [3.05, 3.63) is 93.5 Å². The highest BCUT2D eigenvalue weighted by molar-refractivity contribution is 6.42. The van der Waals surface area contributed by atoms with Gasteiger partial charge in [-0.25, -0.2) is 4.79 Å². The second-order valence-electron chi connectivity index (χ2n) is 7.25. The van der Waals surface area contributed by atoms with Crippen molar-refractivity contribution in [3.8, 4) is 0 Å². The summed E-state index contributed by atoms with van der Waals surface area (Å²) < 4.78 is 0. The average molecular weight is 456 g/mol. The molecule has 6 nitrogen and oxygen atoms in total. The number of carbonyl (C=O) groups excluding carboxylic acids is 2. The summed E-state index contributed by atoms with van der Waals surface area (Å²) in [5.41, 5.74) is 0.448. The molecule has 3 N–H and O–H groups in total. The molecule has 3 aromatic carbocycles. The zero-order valence-electron chi connectivity index (χ0n) is 16.5. The maximum Gasteiger partial charge on any atom is 0.329 e. The summed E-state index contributed by atoms with van der Waals surface area (Å²) in [6, 6.07) is 18.0. The van der Waals surface area contributed by atoms with Crippen LogP contribution in [0.3, 0.4) is 0 Å². The van der Waals surface area contributed by atoms with Crippen molar-refractivity contribution in [3.63, 3.8) is 0 Å². The molecule has 0 aromatic heterocycles. The van der Waals surface area contributed by atoms with Crippen molar-refractivity contribution in [2.45, 2.75) is 19.2 Å². The quantitative estimate of drug-likeness (QED) is 0.527. The van der Waals surface area contributed by atoms with Gasteiger partial charge in [0, 0.05) is 12.1 Å². The standard InChI is InChI=1S/C23H19Cl2N3O3/c1-14-6-8-15(9-7-14)13-26-21(29)23(31)17-4-2-3-5-20(17)27-22(30)28(23)16-10-11-18(24)19(25)12-16/h2-12,31H,13H2,1H3,(H,26,29)(H,27,30)/t23-/m1/s1. The highest BCUT2D eigenvalue weighted by Crippen LogP contribution is 2.41. The van der Waals surface area contributed by atoms with Gasteiger partial charge in [0.2, 0.25) is 0 Å². The van der Waals surface area contributed by atoms with Gasteiger partial charge >= 0.3 is 6.03 Å². The number of hydrogen-bond acceptors (Lipinski definition) is 3. The molecule has 0 fully saturated rings. The predicted octanol–water partition coefficient (Wildman–Crippen LogP) is 4.82. The average Bonchev–Trinajstić information content (AvgIpc) is 2.75. The Labute approximate surface area is 189 Å². The topological polar surface area (TPSA) is 81.7 Å². The number of urea groups is 1. The summed E-state index contributed by atoms with van der Waals surface area (Å²) in [6.07, 6.45) is 0. The Balaban J connectivity index is 1.76. The monoisotopic (exact) mass is 455 g/mol. The molecule has 1 atom stereocenters. The van der Waals surface area contributed by atoms with Gasteiger partial charge in [-0.15, -0.1) is 0 Å². The highest BCUT2D eigenvalue weighted by atomic mass is 35.5. The third kappa shape index (κ3) is 3.85. The lowest BCUT2D eigenvalue weighted by molar-refractivity contribution is -0.140. The Morgan fingerprint density at radius 2 is 1.77 bits per heavy atom. The molecular weight excluding hydrogens is 437 g/mol. The van der Waals surface area contributed by atoms with Gasteiger partial charge in [-0.3, -0.25) is 9.69 Å². The summed E-state index contributed by atoms with van der Waals surface area (Å²) in [6.45, 7) is 2.15. The van der Waals surface area contributed by atoms with E-state index in [9.17, 15) is 14.7 Å². The van der Waals surface area contributed by atoms with E-state index in [4.69, 9.17) is 23.2 Å². The molecule has 8 heteroatoms. The molecule has 0 saturated heterocycles. The second kappa shape index (κ2) is 8.23. The van der Waals surface area contributed by atoms with Gasteiger partial charge in [-0.2, -0.15) is 0 Å². The molecule has 0 spiro atoms. The highest BCUT2D eigenvalue weighted by Gasteiger charge is 2.51. The van der Waals surface area contributed by atoms with Crippen LogP contribution in [0.2, 0.25) is 10.0 Å². The molecule has 158 valence electrons. The lowest BCUT2D eigenvalue weighted by Crippen LogP contribution is -2.62. The summed E-state index contributed by atoms with van der Waals surface area (Å²) in [4.78, 5) is 27.3. The molecule has 3 aromatic rings. The first kappa shape index (κ1) is 21.2. The first-order valence-electron chi connectivity index (χ1n) is 9.52. The number of amides is 3. The molecule has 0 aliphatic carbocycles. The fourth-order valence-corrected chi connectivity index (χ4v) is 3.79. The van der Waals surface area contributed by atoms with E-state index in [1.165, 1.54) is 18.2 Å². The van der Waals surface area contributed by atoms with Crippen molar-refractivity contribution in [1.29, 1.82) is 0 Å². The minimum Gasteiger partial charge on any atom is -0.359 e. The van der Waals surface area contributed by atoms with Gasteiger partial charge in [-0.05, 0) is 36.8 Å². The number of benzene rings is 3. The molecule has 1 aliphatic heterocycles. The van der Waals surface area contributed by atoms with Crippen molar-refractivity contribution in [1.82, 2.24) is 5.32 Å². The van der Waals surface area contributed by atoms with E-state index in [0.29, 0.717) is 5.69 Å². The molecule has 0 unspecified atom stereocenters. The van der Waals surface area contributed by atoms with E-state index >= 15 is 0 Å². The molecular formula is C23H19Cl2N3O3. The van der Waals surface area contributed by atoms with Crippen LogP contribution >= 0.6 is 23.2 Å². The zero-order chi connectivity index (χ0) is 22.2. The number of aryl methyl sites for hydroxylation is 1. The molecule has 0 bridgehead atoms. The van der Waals surface area contributed by atoms with Crippen LogP contribution in [0.5, 0.6) is 0 Å². The number of fused-ring (bicyclic) bond motifs is 1. The van der Waals surface area contributed by atoms with Gasteiger partial charge in [0.1, 0.15) is 0 Å². The van der Waals surface area contributed by atoms with E-state index in [2.05, 4.69) is 10.6 Å². The van der Waals surface area contributed by atoms with Crippen LogP contribution in [-0.4, -0.2) is 17.0 Å². The van der Waals surface area contributed by atoms with Crippen molar-refractivity contribution < 1.29 is 14.7 Å². The van der Waals surface area contributed by atoms with E-state index < -0.39 is 17.7 Å². The normalized spacial score (nSPS) is 17.7. The van der Waals surface area contributed by atoms with Gasteiger partial charge in [0.05, 0.1) is 21.4 Å². The SMILES string of the molecule is Cc1ccc(CNC(=O)[C@]2(O)c3ccccc3NC(=O)N2c2ccc(Cl)c(Cl)c2)cc1. The van der Waals surface area contributed by atoms with Gasteiger partial charge in [-0.1, -0.05) is 71.2 Å². The lowest BCUT2D eigenvalue weighted by Gasteiger charge is -2.42. The van der Waals surface area contributed by atoms with E-state index in [-0.39, 0.29) is 27.8 Å². The summed E-state index contributed by atoms with van der Waals surface area (Å²) in [5, 5.41) is 17.7. The summed E-state index contributed by atoms with van der Waals surface area (Å²) >= 11 is 12.1. The van der Waals surface area contributed by atoms with Crippen LogP contribution in [0.1, 0.15) is 16.7 Å². The Morgan fingerprint density at radius 1 is 1.06 bits per heavy atom. The second-order valence-corrected chi connectivity index (χ2v) is 8.06. The zero-order valence-corrected chi connectivity index (χ0v) is 18.0. The Bertz CT molecular complexity index is 1170. The molecule has 31 heavy (non-hydrogen) atoms. The number of nitrogens with zero attached hydrogens (tertiary/aromatic N) is 1. The van der Waals surface area contributed by atoms with Crippen LogP contribution in [0.25, 0.3) is 0 Å². The van der Waals surface area contributed by atoms with Gasteiger partial charge < -0.3 is 15.7 Å². The number of para-hydroxylation sites is 1. The lowest BCUT2D eigenvalue weighted by atomic mass is 9.94. The minimum absolute atomic E-state index is 0.181. The van der Waals surface area contributed by atoms with Gasteiger partial charge in [0.15, 0.2) is 0 Å². The third-order valence-electron chi connectivity index (χ3n) is 5.12. The van der Waals surface area contributed by atoms with E-state index in [0.717, 1.165) is 16.0 Å². The number of rotatable bonds is 4. The number of anilines is 2. The Kier molecular flexibility index (Phi) is 5.62. The van der Waals surface area contributed by atoms with Crippen molar-refractivity contribution in [2.75, 3.05) is 10.2 Å². The van der Waals surface area contributed by atoms with Gasteiger partial charge in [0.25, 0.3) is 11.6 Å². The van der Waals surface area contributed by atoms with Crippen LogP contribution in [0, 0.1) is 6.92 Å². The molecule has 1 heterocycles. The van der Waals surface area contributed by atoms with E-state index in [1.54, 1.807) is 24.3 Å².